The van der Waals surface area contributed by atoms with Gasteiger partial charge < -0.3 is 9.88 Å². The van der Waals surface area contributed by atoms with E-state index in [0.717, 1.165) is 28.6 Å². The molecule has 8 heteroatoms. The maximum absolute atomic E-state index is 15.8. The fourth-order valence-corrected chi connectivity index (χ4v) is 5.92. The lowest BCUT2D eigenvalue weighted by molar-refractivity contribution is 0.0610. The Hall–Kier alpha value is -2.71. The summed E-state index contributed by atoms with van der Waals surface area (Å²) in [4.78, 5) is 20.1. The number of carbonyl (C=O) groups is 1. The molecule has 2 aromatic carbocycles. The Balaban J connectivity index is 1.53. The van der Waals surface area contributed by atoms with Crippen molar-refractivity contribution in [3.63, 3.8) is 0 Å². The van der Waals surface area contributed by atoms with Gasteiger partial charge in [0.1, 0.15) is 17.3 Å². The van der Waals surface area contributed by atoms with Crippen LogP contribution in [-0.4, -0.2) is 65.1 Å². The van der Waals surface area contributed by atoms with Gasteiger partial charge in [-0.15, -0.1) is 0 Å². The van der Waals surface area contributed by atoms with E-state index in [1.165, 1.54) is 13.8 Å². The number of hydrogen-bond acceptors (Lipinski definition) is 3. The van der Waals surface area contributed by atoms with Gasteiger partial charge in [0, 0.05) is 65.9 Å². The third-order valence-electron chi connectivity index (χ3n) is 7.65. The molecule has 2 aliphatic rings. The van der Waals surface area contributed by atoms with Crippen LogP contribution in [0, 0.1) is 17.6 Å². The van der Waals surface area contributed by atoms with E-state index in [1.807, 2.05) is 41.0 Å². The molecule has 1 saturated heterocycles. The lowest BCUT2D eigenvalue weighted by Gasteiger charge is -2.43. The zero-order valence-corrected chi connectivity index (χ0v) is 21.5. The molecule has 0 radical (unpaired) electrons. The number of aromatic amines is 1. The van der Waals surface area contributed by atoms with Gasteiger partial charge in [0.05, 0.1) is 12.7 Å². The van der Waals surface area contributed by atoms with E-state index < -0.39 is 30.0 Å². The zero-order chi connectivity index (χ0) is 26.5. The Morgan fingerprint density at radius 3 is 2.46 bits per heavy atom. The van der Waals surface area contributed by atoms with Crippen molar-refractivity contribution >= 4 is 16.7 Å². The van der Waals surface area contributed by atoms with E-state index in [1.54, 1.807) is 0 Å². The molecule has 4 nitrogen and oxygen atoms in total. The molecule has 3 aromatic rings. The van der Waals surface area contributed by atoms with E-state index in [-0.39, 0.29) is 35.4 Å². The number of fused-ring (bicyclic) bond motifs is 3. The average Bonchev–Trinajstić information content (AvgIpc) is 3.16. The fourth-order valence-electron chi connectivity index (χ4n) is 5.92. The molecule has 0 saturated carbocycles. The largest absolute Gasteiger partial charge is 0.357 e. The monoisotopic (exact) mass is 515 g/mol. The second-order valence-corrected chi connectivity index (χ2v) is 11.1. The van der Waals surface area contributed by atoms with Gasteiger partial charge in [-0.2, -0.15) is 0 Å². The number of Topliss-reactive ketones (excluding diaryl/α,β-unsaturated/α-hetero) is 1. The third kappa shape index (κ3) is 4.93. The van der Waals surface area contributed by atoms with Crippen molar-refractivity contribution in [1.82, 2.24) is 14.8 Å². The first-order chi connectivity index (χ1) is 17.6. The molecule has 0 aliphatic carbocycles. The minimum atomic E-state index is -1.59. The summed E-state index contributed by atoms with van der Waals surface area (Å²) in [7, 11) is 0. The van der Waals surface area contributed by atoms with Gasteiger partial charge in [-0.05, 0) is 57.4 Å². The molecule has 0 amide bonds. The number of likely N-dealkylation sites (tertiary alicyclic amines) is 1. The second kappa shape index (κ2) is 9.87. The van der Waals surface area contributed by atoms with Gasteiger partial charge >= 0.3 is 0 Å². The number of H-pyrrole nitrogens is 1. The van der Waals surface area contributed by atoms with Crippen molar-refractivity contribution < 1.29 is 22.4 Å². The molecule has 37 heavy (non-hydrogen) atoms. The smallest absolute Gasteiger partial charge is 0.168 e. The standard InChI is InChI=1S/C29H33F4N3O/c1-17-11-21-20-7-4-5-8-24(20)34-26(21)27(36(17)16-29(2,3)33)25-22(31)12-18(13-23(25)32)28(37)19-14-35(15-19)10-6-9-30/h4-5,7-8,12-13,17,19,27,34H,6,9-11,14-16H2,1-3H3/t17-,27-/m1/s1. The highest BCUT2D eigenvalue weighted by molar-refractivity contribution is 5.98. The van der Waals surface area contributed by atoms with Gasteiger partial charge in [-0.3, -0.25) is 14.1 Å². The second-order valence-electron chi connectivity index (χ2n) is 11.1. The van der Waals surface area contributed by atoms with Gasteiger partial charge in [0.15, 0.2) is 5.78 Å². The summed E-state index contributed by atoms with van der Waals surface area (Å²) < 4.78 is 58.9. The zero-order valence-electron chi connectivity index (χ0n) is 21.5. The number of rotatable bonds is 8. The predicted octanol–water partition coefficient (Wildman–Crippen LogP) is 6.00. The van der Waals surface area contributed by atoms with Gasteiger partial charge in [-0.1, -0.05) is 18.2 Å². The third-order valence-corrected chi connectivity index (χ3v) is 7.65. The van der Waals surface area contributed by atoms with E-state index in [0.29, 0.717) is 38.2 Å². The van der Waals surface area contributed by atoms with Crippen molar-refractivity contribution in [2.24, 2.45) is 5.92 Å². The molecule has 5 rings (SSSR count). The maximum atomic E-state index is 15.8. The number of alkyl halides is 2. The minimum absolute atomic E-state index is 0.00742. The van der Waals surface area contributed by atoms with Crippen LogP contribution in [0.15, 0.2) is 36.4 Å². The summed E-state index contributed by atoms with van der Waals surface area (Å²) in [5.41, 5.74) is 0.717. The summed E-state index contributed by atoms with van der Waals surface area (Å²) in [5, 5.41) is 0.989. The lowest BCUT2D eigenvalue weighted by atomic mass is 9.85. The molecule has 0 spiro atoms. The number of nitrogens with one attached hydrogen (secondary N) is 1. The maximum Gasteiger partial charge on any atom is 0.168 e. The number of benzene rings is 2. The van der Waals surface area contributed by atoms with Crippen LogP contribution >= 0.6 is 0 Å². The number of ketones is 1. The van der Waals surface area contributed by atoms with Crippen molar-refractivity contribution in [2.45, 2.75) is 51.4 Å². The van der Waals surface area contributed by atoms with Gasteiger partial charge in [0.2, 0.25) is 0 Å². The first-order valence-corrected chi connectivity index (χ1v) is 12.9. The number of carbonyl (C=O) groups excluding carboxylic acids is 1. The van der Waals surface area contributed by atoms with Crippen LogP contribution in [0.4, 0.5) is 17.6 Å². The van der Waals surface area contributed by atoms with Crippen molar-refractivity contribution in [3.05, 3.63) is 70.4 Å². The number of nitrogens with zero attached hydrogens (tertiary/aromatic N) is 2. The van der Waals surface area contributed by atoms with Crippen LogP contribution in [0.5, 0.6) is 0 Å². The molecule has 1 fully saturated rings. The topological polar surface area (TPSA) is 39.3 Å². The molecule has 0 bridgehead atoms. The highest BCUT2D eigenvalue weighted by Crippen LogP contribution is 2.43. The Kier molecular flexibility index (Phi) is 6.92. The van der Waals surface area contributed by atoms with E-state index in [9.17, 15) is 13.6 Å². The van der Waals surface area contributed by atoms with E-state index in [2.05, 4.69) is 4.98 Å². The van der Waals surface area contributed by atoms with E-state index >= 15 is 8.78 Å². The molecule has 2 atom stereocenters. The molecule has 3 heterocycles. The van der Waals surface area contributed by atoms with Crippen LogP contribution in [0.3, 0.4) is 0 Å². The number of hydrogen-bond donors (Lipinski definition) is 1. The highest BCUT2D eigenvalue weighted by Gasteiger charge is 2.41. The summed E-state index contributed by atoms with van der Waals surface area (Å²) >= 11 is 0. The molecule has 1 N–H and O–H groups in total. The first kappa shape index (κ1) is 25.9. The average molecular weight is 516 g/mol. The Bertz CT molecular complexity index is 1290. The molecular weight excluding hydrogens is 482 g/mol. The minimum Gasteiger partial charge on any atom is -0.357 e. The fraction of sp³-hybridized carbons (Fsp3) is 0.483. The van der Waals surface area contributed by atoms with E-state index in [4.69, 9.17) is 0 Å². The summed E-state index contributed by atoms with van der Waals surface area (Å²) in [6.07, 6.45) is 1.02. The summed E-state index contributed by atoms with van der Waals surface area (Å²) in [6.45, 7) is 5.93. The SMILES string of the molecule is C[C@@H]1Cc2c([nH]c3ccccc23)[C@@H](c2c(F)cc(C(=O)C3CN(CCCF)C3)cc2F)N1CC(C)(C)F. The molecule has 2 aliphatic heterocycles. The summed E-state index contributed by atoms with van der Waals surface area (Å²) in [6, 6.07) is 8.91. The van der Waals surface area contributed by atoms with Crippen LogP contribution in [-0.2, 0) is 6.42 Å². The van der Waals surface area contributed by atoms with Gasteiger partial charge in [-0.25, -0.2) is 13.2 Å². The normalized spacial score (nSPS) is 21.3. The van der Waals surface area contributed by atoms with Crippen LogP contribution < -0.4 is 0 Å². The Morgan fingerprint density at radius 1 is 1.14 bits per heavy atom. The first-order valence-electron chi connectivity index (χ1n) is 12.9. The Labute approximate surface area is 214 Å². The number of halogens is 4. The molecule has 198 valence electrons. The van der Waals surface area contributed by atoms with Crippen LogP contribution in [0.1, 0.15) is 60.4 Å². The van der Waals surface area contributed by atoms with Crippen LogP contribution in [0.25, 0.3) is 10.9 Å². The van der Waals surface area contributed by atoms with Crippen molar-refractivity contribution in [2.75, 3.05) is 32.9 Å². The predicted molar refractivity (Wildman–Crippen MR) is 136 cm³/mol. The van der Waals surface area contributed by atoms with Crippen molar-refractivity contribution in [1.29, 1.82) is 0 Å². The molecular formula is C29H33F4N3O. The highest BCUT2D eigenvalue weighted by atomic mass is 19.1. The number of aromatic nitrogens is 1. The molecule has 0 unspecified atom stereocenters. The van der Waals surface area contributed by atoms with Gasteiger partial charge in [0.25, 0.3) is 0 Å². The Morgan fingerprint density at radius 2 is 1.81 bits per heavy atom. The molecule has 1 aromatic heterocycles. The quantitative estimate of drug-likeness (QED) is 0.295. The van der Waals surface area contributed by atoms with Crippen molar-refractivity contribution in [3.8, 4) is 0 Å². The number of para-hydroxylation sites is 1. The summed E-state index contributed by atoms with van der Waals surface area (Å²) in [5.74, 6) is -2.31. The van der Waals surface area contributed by atoms with Crippen LogP contribution in [0.2, 0.25) is 0 Å². The lowest BCUT2D eigenvalue weighted by Crippen LogP contribution is -2.50.